The zero-order chi connectivity index (χ0) is 29.4. The maximum atomic E-state index is 14.7. The number of sulfone groups is 1. The molecule has 0 radical (unpaired) electrons. The van der Waals surface area contributed by atoms with Crippen molar-refractivity contribution in [3.8, 4) is 0 Å². The molecule has 1 aliphatic heterocycles. The van der Waals surface area contributed by atoms with Gasteiger partial charge in [0.05, 0.1) is 16.6 Å². The average molecular weight is 596 g/mol. The summed E-state index contributed by atoms with van der Waals surface area (Å²) in [4.78, 5) is 14.7. The number of aryl methyl sites for hydroxylation is 1. The molecular weight excluding hydrogens is 581 g/mol. The van der Waals surface area contributed by atoms with Crippen LogP contribution >= 0.6 is 0 Å². The Hall–Kier alpha value is -2.98. The molecule has 2 atom stereocenters. The molecule has 4 rings (SSSR count). The number of fused-ring (bicyclic) bond motifs is 3. The highest BCUT2D eigenvalue weighted by molar-refractivity contribution is 7.92. The Morgan fingerprint density at radius 3 is 2.03 bits per heavy atom. The summed E-state index contributed by atoms with van der Waals surface area (Å²) >= 11 is 0. The number of aromatic nitrogens is 1. The molecule has 2 unspecified atom stereocenters. The van der Waals surface area contributed by atoms with E-state index >= 15 is 0 Å². The molecule has 1 aromatic heterocycles. The predicted molar refractivity (Wildman–Crippen MR) is 109 cm³/mol. The van der Waals surface area contributed by atoms with Crippen molar-refractivity contribution in [1.29, 1.82) is 0 Å². The minimum absolute atomic E-state index is 0.0860. The maximum Gasteiger partial charge on any atom is 0.471 e. The van der Waals surface area contributed by atoms with Crippen LogP contribution in [0.5, 0.6) is 0 Å². The molecule has 5 nitrogen and oxygen atoms in total. The van der Waals surface area contributed by atoms with Gasteiger partial charge < -0.3 is 4.90 Å². The molecule has 2 heterocycles. The summed E-state index contributed by atoms with van der Waals surface area (Å²) in [7, 11) is -4.91. The number of alkyl halides is 10. The molecule has 1 saturated heterocycles. The molecule has 1 fully saturated rings. The smallest absolute Gasteiger partial charge is 0.330 e. The molecule has 1 aromatic carbocycles. The fourth-order valence-electron chi connectivity index (χ4n) is 5.27. The molecule has 214 valence electrons. The van der Waals surface area contributed by atoms with Crippen molar-refractivity contribution < 1.29 is 61.5 Å². The topological polar surface area (TPSA) is 67.3 Å². The van der Waals surface area contributed by atoms with E-state index in [1.54, 1.807) is 0 Å². The summed E-state index contributed by atoms with van der Waals surface area (Å²) in [6, 6.07) is 1.26. The predicted octanol–water partition coefficient (Wildman–Crippen LogP) is 5.29. The SMILES string of the molecule is O=C(N1CCC2(S(=O)(=O)c3ccc(F)cc3)c3cnc(C(F)(C(F)(F)F)C(F)(F)F)cc3CCC12)C(F)(F)F. The minimum atomic E-state index is -6.52. The Morgan fingerprint density at radius 2 is 1.51 bits per heavy atom. The van der Waals surface area contributed by atoms with Gasteiger partial charge in [-0.25, -0.2) is 17.2 Å². The summed E-state index contributed by atoms with van der Waals surface area (Å²) in [6.45, 7) is -0.803. The molecule has 39 heavy (non-hydrogen) atoms. The summed E-state index contributed by atoms with van der Waals surface area (Å²) in [5, 5.41) is 0. The number of pyridine rings is 1. The molecule has 0 saturated carbocycles. The number of hydrogen-bond donors (Lipinski definition) is 0. The van der Waals surface area contributed by atoms with Crippen LogP contribution in [0.15, 0.2) is 41.4 Å². The Bertz CT molecular complexity index is 1390. The highest BCUT2D eigenvalue weighted by Gasteiger charge is 2.75. The first-order valence-corrected chi connectivity index (χ1v) is 12.4. The first kappa shape index (κ1) is 29.0. The van der Waals surface area contributed by atoms with Gasteiger partial charge in [-0.05, 0) is 60.7 Å². The van der Waals surface area contributed by atoms with Crippen LogP contribution in [0.25, 0.3) is 0 Å². The van der Waals surface area contributed by atoms with Crippen molar-refractivity contribution >= 4 is 15.7 Å². The van der Waals surface area contributed by atoms with E-state index in [2.05, 4.69) is 4.98 Å². The normalized spacial score (nSPS) is 22.4. The third-order valence-electron chi connectivity index (χ3n) is 7.01. The quantitative estimate of drug-likeness (QED) is 0.357. The number of rotatable bonds is 3. The molecule has 2 aliphatic rings. The molecule has 17 heteroatoms. The zero-order valence-electron chi connectivity index (χ0n) is 19.1. The first-order valence-electron chi connectivity index (χ1n) is 10.9. The second kappa shape index (κ2) is 8.76. The van der Waals surface area contributed by atoms with E-state index in [-0.39, 0.29) is 17.2 Å². The Kier molecular flexibility index (Phi) is 6.52. The fraction of sp³-hybridized carbons (Fsp3) is 0.455. The van der Waals surface area contributed by atoms with Crippen molar-refractivity contribution in [1.82, 2.24) is 9.88 Å². The summed E-state index contributed by atoms with van der Waals surface area (Å²) in [5.74, 6) is -3.30. The highest BCUT2D eigenvalue weighted by Crippen LogP contribution is 2.56. The van der Waals surface area contributed by atoms with Crippen LogP contribution in [0.2, 0.25) is 0 Å². The average Bonchev–Trinajstić information content (AvgIpc) is 3.22. The third kappa shape index (κ3) is 4.14. The van der Waals surface area contributed by atoms with Crippen molar-refractivity contribution in [2.75, 3.05) is 6.54 Å². The van der Waals surface area contributed by atoms with Crippen LogP contribution in [0.4, 0.5) is 48.3 Å². The molecular formula is C22H15F11N2O3S. The van der Waals surface area contributed by atoms with E-state index < -0.39 is 104 Å². The van der Waals surface area contributed by atoms with Gasteiger partial charge in [0.15, 0.2) is 9.84 Å². The lowest BCUT2D eigenvalue weighted by molar-refractivity contribution is -0.350. The molecule has 2 aromatic rings. The van der Waals surface area contributed by atoms with Crippen LogP contribution in [-0.4, -0.2) is 55.3 Å². The molecule has 1 aliphatic carbocycles. The summed E-state index contributed by atoms with van der Waals surface area (Å²) < 4.78 is 173. The van der Waals surface area contributed by atoms with E-state index in [1.807, 2.05) is 0 Å². The lowest BCUT2D eigenvalue weighted by Gasteiger charge is -2.42. The minimum Gasteiger partial charge on any atom is -0.330 e. The molecule has 0 N–H and O–H groups in total. The van der Waals surface area contributed by atoms with Gasteiger partial charge in [0.2, 0.25) is 0 Å². The first-order chi connectivity index (χ1) is 17.7. The van der Waals surface area contributed by atoms with E-state index in [9.17, 15) is 61.5 Å². The number of likely N-dealkylation sites (tertiary alicyclic amines) is 1. The number of nitrogens with zero attached hydrogens (tertiary/aromatic N) is 2. The van der Waals surface area contributed by atoms with Gasteiger partial charge >= 0.3 is 30.1 Å². The maximum absolute atomic E-state index is 14.7. The molecule has 1 amide bonds. The number of amides is 1. The summed E-state index contributed by atoms with van der Waals surface area (Å²) in [5.41, 5.74) is -9.21. The van der Waals surface area contributed by atoms with E-state index in [4.69, 9.17) is 0 Å². The Morgan fingerprint density at radius 1 is 0.949 bits per heavy atom. The number of halogens is 11. The van der Waals surface area contributed by atoms with E-state index in [0.717, 1.165) is 12.1 Å². The molecule has 0 spiro atoms. The second-order valence-electron chi connectivity index (χ2n) is 9.03. The van der Waals surface area contributed by atoms with Crippen molar-refractivity contribution in [2.45, 2.75) is 59.1 Å². The van der Waals surface area contributed by atoms with Gasteiger partial charge in [-0.15, -0.1) is 0 Å². The number of hydrogen-bond acceptors (Lipinski definition) is 4. The van der Waals surface area contributed by atoms with Crippen molar-refractivity contribution in [3.05, 3.63) is 59.2 Å². The van der Waals surface area contributed by atoms with Crippen LogP contribution in [0, 0.1) is 5.82 Å². The van der Waals surface area contributed by atoms with Crippen LogP contribution in [0.1, 0.15) is 29.7 Å². The Balaban J connectivity index is 1.97. The Labute approximate surface area is 212 Å². The zero-order valence-corrected chi connectivity index (χ0v) is 19.9. The van der Waals surface area contributed by atoms with E-state index in [0.29, 0.717) is 12.1 Å². The van der Waals surface area contributed by atoms with Gasteiger partial charge in [-0.2, -0.15) is 39.5 Å². The van der Waals surface area contributed by atoms with Gasteiger partial charge in [0, 0.05) is 12.7 Å². The van der Waals surface area contributed by atoms with Gasteiger partial charge in [-0.3, -0.25) is 9.78 Å². The number of carbonyl (C=O) groups is 1. The lowest BCUT2D eigenvalue weighted by atomic mass is 9.78. The largest absolute Gasteiger partial charge is 0.471 e. The second-order valence-corrected chi connectivity index (χ2v) is 11.2. The van der Waals surface area contributed by atoms with Crippen LogP contribution in [0.3, 0.4) is 0 Å². The van der Waals surface area contributed by atoms with Crippen molar-refractivity contribution in [2.24, 2.45) is 0 Å². The lowest BCUT2D eigenvalue weighted by Crippen LogP contribution is -2.55. The van der Waals surface area contributed by atoms with Crippen LogP contribution < -0.4 is 0 Å². The summed E-state index contributed by atoms with van der Waals surface area (Å²) in [6.07, 6.45) is -20.2. The third-order valence-corrected chi connectivity index (χ3v) is 9.56. The van der Waals surface area contributed by atoms with E-state index in [1.165, 1.54) is 0 Å². The highest BCUT2D eigenvalue weighted by atomic mass is 32.2. The van der Waals surface area contributed by atoms with Gasteiger partial charge in [-0.1, -0.05) is 0 Å². The van der Waals surface area contributed by atoms with Crippen LogP contribution in [-0.2, 0) is 31.5 Å². The number of carbonyl (C=O) groups excluding carboxylic acids is 1. The fourth-order valence-corrected chi connectivity index (χ4v) is 7.62. The number of benzene rings is 1. The van der Waals surface area contributed by atoms with Gasteiger partial charge in [0.1, 0.15) is 10.6 Å². The standard InChI is InChI=1S/C22H15F11N2O3S/c23-12-2-4-13(5-3-12)39(37,38)18-7-8-35(17(36)20(25,26)27)16(18)6-1-11-9-15(34-10-14(11)18)19(24,21(28,29)30)22(31,32)33/h2-5,9-10,16H,1,6-8H2. The monoisotopic (exact) mass is 596 g/mol. The molecule has 0 bridgehead atoms. The van der Waals surface area contributed by atoms with Gasteiger partial charge in [0.25, 0.3) is 0 Å². The van der Waals surface area contributed by atoms with Crippen molar-refractivity contribution in [3.63, 3.8) is 0 Å².